The molecule has 0 unspecified atom stereocenters. The minimum absolute atomic E-state index is 0.601. The van der Waals surface area contributed by atoms with Gasteiger partial charge in [-0.25, -0.2) is 0 Å². The second kappa shape index (κ2) is 8.28. The number of nitrogens with zero attached hydrogens (tertiary/aromatic N) is 3. The molecule has 0 spiro atoms. The maximum atomic E-state index is 5.96. The first-order valence-electron chi connectivity index (χ1n) is 8.56. The molecule has 0 atom stereocenters. The highest BCUT2D eigenvalue weighted by molar-refractivity contribution is 6.30. The van der Waals surface area contributed by atoms with Gasteiger partial charge in [-0.05, 0) is 30.2 Å². The quantitative estimate of drug-likeness (QED) is 0.684. The molecular weight excluding hydrogens is 332 g/mol. The van der Waals surface area contributed by atoms with Crippen LogP contribution in [0, 0.1) is 5.92 Å². The van der Waals surface area contributed by atoms with E-state index in [0.717, 1.165) is 34.1 Å². The maximum absolute atomic E-state index is 5.96. The van der Waals surface area contributed by atoms with Crippen molar-refractivity contribution in [3.63, 3.8) is 0 Å². The Morgan fingerprint density at radius 3 is 2.40 bits per heavy atom. The fourth-order valence-corrected chi connectivity index (χ4v) is 2.75. The molecule has 0 saturated carbocycles. The van der Waals surface area contributed by atoms with E-state index >= 15 is 0 Å². The lowest BCUT2D eigenvalue weighted by Crippen LogP contribution is -2.19. The molecule has 2 aromatic carbocycles. The predicted octanol–water partition coefficient (Wildman–Crippen LogP) is 4.39. The second-order valence-electron chi connectivity index (χ2n) is 6.54. The molecule has 0 aliphatic rings. The molecule has 4 nitrogen and oxygen atoms in total. The summed E-state index contributed by atoms with van der Waals surface area (Å²) >= 11 is 5.96. The van der Waals surface area contributed by atoms with Crippen LogP contribution in [0.15, 0.2) is 54.6 Å². The van der Waals surface area contributed by atoms with Crippen LogP contribution in [0.25, 0.3) is 11.3 Å². The summed E-state index contributed by atoms with van der Waals surface area (Å²) in [5.41, 5.74) is 4.12. The van der Waals surface area contributed by atoms with Crippen molar-refractivity contribution in [2.24, 2.45) is 5.92 Å². The third-order valence-electron chi connectivity index (χ3n) is 3.85. The first-order chi connectivity index (χ1) is 12.1. The van der Waals surface area contributed by atoms with Gasteiger partial charge in [0.1, 0.15) is 11.4 Å². The maximum Gasteiger partial charge on any atom is 0.117 e. The summed E-state index contributed by atoms with van der Waals surface area (Å²) in [5.74, 6) is 0.601. The largest absolute Gasteiger partial charge is 0.311 e. The van der Waals surface area contributed by atoms with E-state index in [1.807, 2.05) is 42.5 Å². The van der Waals surface area contributed by atoms with E-state index in [4.69, 9.17) is 21.8 Å². The van der Waals surface area contributed by atoms with Crippen molar-refractivity contribution in [2.75, 3.05) is 6.54 Å². The number of hydrogen-bond acceptors (Lipinski definition) is 3. The average molecular weight is 355 g/mol. The van der Waals surface area contributed by atoms with Gasteiger partial charge in [0.15, 0.2) is 0 Å². The minimum Gasteiger partial charge on any atom is -0.311 e. The van der Waals surface area contributed by atoms with Gasteiger partial charge >= 0.3 is 0 Å². The smallest absolute Gasteiger partial charge is 0.117 e. The fraction of sp³-hybridized carbons (Fsp3) is 0.300. The lowest BCUT2D eigenvalue weighted by atomic mass is 10.1. The summed E-state index contributed by atoms with van der Waals surface area (Å²) < 4.78 is 0. The second-order valence-corrected chi connectivity index (χ2v) is 6.98. The highest BCUT2D eigenvalue weighted by Crippen LogP contribution is 2.20. The zero-order valence-electron chi connectivity index (χ0n) is 14.6. The van der Waals surface area contributed by atoms with E-state index < -0.39 is 0 Å². The van der Waals surface area contributed by atoms with Crippen molar-refractivity contribution >= 4 is 11.6 Å². The number of aromatic nitrogens is 3. The van der Waals surface area contributed by atoms with Gasteiger partial charge < -0.3 is 5.32 Å². The van der Waals surface area contributed by atoms with Gasteiger partial charge in [-0.15, -0.1) is 0 Å². The van der Waals surface area contributed by atoms with Gasteiger partial charge in [-0.3, -0.25) is 0 Å². The van der Waals surface area contributed by atoms with Gasteiger partial charge in [0.25, 0.3) is 0 Å². The van der Waals surface area contributed by atoms with Crippen LogP contribution in [0.3, 0.4) is 0 Å². The molecule has 0 radical (unpaired) electrons. The molecule has 1 N–H and O–H groups in total. The van der Waals surface area contributed by atoms with Crippen LogP contribution >= 0.6 is 11.6 Å². The summed E-state index contributed by atoms with van der Waals surface area (Å²) in [4.78, 5) is 1.76. The Labute approximate surface area is 153 Å². The molecule has 0 saturated heterocycles. The van der Waals surface area contributed by atoms with E-state index in [9.17, 15) is 0 Å². The number of halogens is 1. The van der Waals surface area contributed by atoms with Crippen molar-refractivity contribution in [2.45, 2.75) is 26.9 Å². The van der Waals surface area contributed by atoms with Crippen LogP contribution < -0.4 is 5.32 Å². The van der Waals surface area contributed by atoms with Gasteiger partial charge in [0.2, 0.25) is 0 Å². The molecule has 5 heteroatoms. The topological polar surface area (TPSA) is 42.7 Å². The Kier molecular flexibility index (Phi) is 5.84. The van der Waals surface area contributed by atoms with Crippen molar-refractivity contribution < 1.29 is 0 Å². The fourth-order valence-electron chi connectivity index (χ4n) is 2.62. The van der Waals surface area contributed by atoms with Crippen LogP contribution in [0.4, 0.5) is 0 Å². The molecule has 0 bridgehead atoms. The summed E-state index contributed by atoms with van der Waals surface area (Å²) in [6.07, 6.45) is 0. The molecule has 1 aromatic heterocycles. The van der Waals surface area contributed by atoms with Crippen LogP contribution in [0.5, 0.6) is 0 Å². The van der Waals surface area contributed by atoms with Crippen molar-refractivity contribution in [1.82, 2.24) is 20.3 Å². The molecule has 130 valence electrons. The summed E-state index contributed by atoms with van der Waals surface area (Å²) in [5, 5.41) is 13.6. The number of nitrogens with one attached hydrogen (secondary N) is 1. The van der Waals surface area contributed by atoms with E-state index in [-0.39, 0.29) is 0 Å². The summed E-state index contributed by atoms with van der Waals surface area (Å²) in [6, 6.07) is 18.0. The van der Waals surface area contributed by atoms with Gasteiger partial charge in [0.05, 0.1) is 6.54 Å². The Balaban J connectivity index is 1.84. The molecule has 3 aromatic rings. The van der Waals surface area contributed by atoms with Crippen molar-refractivity contribution in [3.8, 4) is 11.3 Å². The van der Waals surface area contributed by atoms with Gasteiger partial charge in [-0.2, -0.15) is 15.0 Å². The molecular formula is C20H23ClN4. The lowest BCUT2D eigenvalue weighted by molar-refractivity contribution is 0.537. The Morgan fingerprint density at radius 2 is 1.72 bits per heavy atom. The summed E-state index contributed by atoms with van der Waals surface area (Å²) in [7, 11) is 0. The Morgan fingerprint density at radius 1 is 1.00 bits per heavy atom. The Bertz CT molecular complexity index is 794. The average Bonchev–Trinajstić information content (AvgIpc) is 3.00. The summed E-state index contributed by atoms with van der Waals surface area (Å²) in [6.45, 7) is 6.69. The molecule has 0 aliphatic heterocycles. The van der Waals surface area contributed by atoms with Gasteiger partial charge in [0, 0.05) is 17.1 Å². The number of benzene rings is 2. The van der Waals surface area contributed by atoms with Crippen LogP contribution in [-0.4, -0.2) is 21.5 Å². The first kappa shape index (κ1) is 17.6. The van der Waals surface area contributed by atoms with Crippen LogP contribution in [0.2, 0.25) is 5.02 Å². The molecule has 3 rings (SSSR count). The number of hydrogen-bond donors (Lipinski definition) is 1. The zero-order valence-corrected chi connectivity index (χ0v) is 15.4. The van der Waals surface area contributed by atoms with E-state index in [1.54, 1.807) is 4.80 Å². The first-order valence-corrected chi connectivity index (χ1v) is 8.94. The molecule has 0 amide bonds. The van der Waals surface area contributed by atoms with Gasteiger partial charge in [-0.1, -0.05) is 67.9 Å². The zero-order chi connectivity index (χ0) is 17.6. The van der Waals surface area contributed by atoms with E-state index in [1.165, 1.54) is 0 Å². The molecule has 0 aliphatic carbocycles. The molecule has 25 heavy (non-hydrogen) atoms. The van der Waals surface area contributed by atoms with E-state index in [2.05, 4.69) is 31.3 Å². The van der Waals surface area contributed by atoms with Crippen molar-refractivity contribution in [3.05, 3.63) is 70.9 Å². The highest BCUT2D eigenvalue weighted by atomic mass is 35.5. The predicted molar refractivity (Wildman–Crippen MR) is 103 cm³/mol. The van der Waals surface area contributed by atoms with Crippen LogP contribution in [0.1, 0.15) is 25.1 Å². The Hall–Kier alpha value is -2.17. The lowest BCUT2D eigenvalue weighted by Gasteiger charge is -2.06. The minimum atomic E-state index is 0.601. The molecule has 1 heterocycles. The third kappa shape index (κ3) is 4.91. The highest BCUT2D eigenvalue weighted by Gasteiger charge is 2.13. The third-order valence-corrected chi connectivity index (χ3v) is 4.11. The van der Waals surface area contributed by atoms with Crippen molar-refractivity contribution in [1.29, 1.82) is 0 Å². The normalized spacial score (nSPS) is 11.2. The molecule has 0 fully saturated rings. The number of rotatable bonds is 7. The SMILES string of the molecule is CC(C)CNCc1nn(Cc2ccc(Cl)cc2)nc1-c1ccccc1. The standard InChI is InChI=1S/C20H23ClN4/c1-15(2)12-22-13-19-20(17-6-4-3-5-7-17)24-25(23-19)14-16-8-10-18(21)11-9-16/h3-11,15,22H,12-14H2,1-2H3. The van der Waals surface area contributed by atoms with E-state index in [0.29, 0.717) is 19.0 Å². The monoisotopic (exact) mass is 354 g/mol. The van der Waals surface area contributed by atoms with Crippen LogP contribution in [-0.2, 0) is 13.1 Å².